The summed E-state index contributed by atoms with van der Waals surface area (Å²) in [7, 11) is 0. The van der Waals surface area contributed by atoms with Crippen LogP contribution in [0.1, 0.15) is 18.2 Å². The number of nitrogens with one attached hydrogen (secondary N) is 3. The summed E-state index contributed by atoms with van der Waals surface area (Å²) >= 11 is 0. The summed E-state index contributed by atoms with van der Waals surface area (Å²) in [5.41, 5.74) is 2.22. The lowest BCUT2D eigenvalue weighted by molar-refractivity contribution is 0.482. The molecular weight excluding hydrogens is 264 g/mol. The summed E-state index contributed by atoms with van der Waals surface area (Å²) in [5.74, 6) is 2.66. The SMILES string of the molecule is Cc1cc(Nc2cc(C)[nH]n2)nc(N2CCN[C@@H](C)C2)c1. The molecule has 3 rings (SSSR count). The van der Waals surface area contributed by atoms with Crippen molar-refractivity contribution in [3.05, 3.63) is 29.5 Å². The lowest BCUT2D eigenvalue weighted by atomic mass is 10.2. The van der Waals surface area contributed by atoms with Gasteiger partial charge in [0.15, 0.2) is 5.82 Å². The molecule has 0 bridgehead atoms. The van der Waals surface area contributed by atoms with Gasteiger partial charge in [0.2, 0.25) is 0 Å². The summed E-state index contributed by atoms with van der Waals surface area (Å²) in [6.45, 7) is 9.25. The van der Waals surface area contributed by atoms with Crippen LogP contribution in [-0.4, -0.2) is 40.9 Å². The second-order valence-corrected chi connectivity index (χ2v) is 5.75. The fourth-order valence-corrected chi connectivity index (χ4v) is 2.63. The smallest absolute Gasteiger partial charge is 0.153 e. The number of aryl methyl sites for hydroxylation is 2. The Morgan fingerprint density at radius 1 is 1.24 bits per heavy atom. The molecule has 1 saturated heterocycles. The third-order valence-corrected chi connectivity index (χ3v) is 3.61. The van der Waals surface area contributed by atoms with Crippen molar-refractivity contribution in [1.82, 2.24) is 20.5 Å². The molecule has 0 amide bonds. The highest BCUT2D eigenvalue weighted by Crippen LogP contribution is 2.21. The first-order chi connectivity index (χ1) is 10.1. The van der Waals surface area contributed by atoms with Gasteiger partial charge in [0.05, 0.1) is 0 Å². The Balaban J connectivity index is 1.82. The number of aromatic amines is 1. The Morgan fingerprint density at radius 2 is 2.10 bits per heavy atom. The normalized spacial score (nSPS) is 18.8. The van der Waals surface area contributed by atoms with Crippen molar-refractivity contribution in [3.63, 3.8) is 0 Å². The van der Waals surface area contributed by atoms with E-state index in [9.17, 15) is 0 Å². The Kier molecular flexibility index (Phi) is 3.79. The topological polar surface area (TPSA) is 68.9 Å². The molecule has 0 aliphatic carbocycles. The quantitative estimate of drug-likeness (QED) is 0.805. The number of piperazine rings is 1. The lowest BCUT2D eigenvalue weighted by Gasteiger charge is -2.33. The zero-order chi connectivity index (χ0) is 14.8. The van der Waals surface area contributed by atoms with Crippen LogP contribution in [0.2, 0.25) is 0 Å². The van der Waals surface area contributed by atoms with E-state index in [1.54, 1.807) is 0 Å². The molecule has 2 aromatic heterocycles. The van der Waals surface area contributed by atoms with Crippen LogP contribution in [0.3, 0.4) is 0 Å². The van der Waals surface area contributed by atoms with E-state index in [1.165, 1.54) is 5.56 Å². The predicted octanol–water partition coefficient (Wildman–Crippen LogP) is 1.96. The number of hydrogen-bond donors (Lipinski definition) is 3. The van der Waals surface area contributed by atoms with Gasteiger partial charge < -0.3 is 15.5 Å². The largest absolute Gasteiger partial charge is 0.354 e. The fourth-order valence-electron chi connectivity index (χ4n) is 2.63. The van der Waals surface area contributed by atoms with Crippen LogP contribution in [0, 0.1) is 13.8 Å². The van der Waals surface area contributed by atoms with Crippen LogP contribution < -0.4 is 15.5 Å². The minimum Gasteiger partial charge on any atom is -0.354 e. The first-order valence-electron chi connectivity index (χ1n) is 7.36. The molecule has 3 N–H and O–H groups in total. The van der Waals surface area contributed by atoms with E-state index in [0.29, 0.717) is 6.04 Å². The van der Waals surface area contributed by atoms with Gasteiger partial charge in [-0.1, -0.05) is 0 Å². The average molecular weight is 286 g/mol. The average Bonchev–Trinajstić information content (AvgIpc) is 2.83. The third kappa shape index (κ3) is 3.33. The van der Waals surface area contributed by atoms with Gasteiger partial charge in [-0.2, -0.15) is 5.10 Å². The van der Waals surface area contributed by atoms with Crippen molar-refractivity contribution >= 4 is 17.5 Å². The first kappa shape index (κ1) is 13.9. The zero-order valence-electron chi connectivity index (χ0n) is 12.8. The highest BCUT2D eigenvalue weighted by molar-refractivity contribution is 5.57. The van der Waals surface area contributed by atoms with E-state index >= 15 is 0 Å². The number of hydrogen-bond acceptors (Lipinski definition) is 5. The van der Waals surface area contributed by atoms with Gasteiger partial charge in [-0.3, -0.25) is 5.10 Å². The fraction of sp³-hybridized carbons (Fsp3) is 0.467. The van der Waals surface area contributed by atoms with Crippen LogP contribution in [0.15, 0.2) is 18.2 Å². The van der Waals surface area contributed by atoms with Crippen LogP contribution in [0.5, 0.6) is 0 Å². The molecule has 0 saturated carbocycles. The molecule has 1 atom stereocenters. The maximum absolute atomic E-state index is 4.73. The second kappa shape index (κ2) is 5.73. The van der Waals surface area contributed by atoms with Gasteiger partial charge in [-0.15, -0.1) is 0 Å². The molecule has 0 unspecified atom stereocenters. The molecule has 1 fully saturated rings. The van der Waals surface area contributed by atoms with Gasteiger partial charge in [-0.25, -0.2) is 4.98 Å². The molecule has 112 valence electrons. The molecule has 0 aromatic carbocycles. The molecule has 6 nitrogen and oxygen atoms in total. The zero-order valence-corrected chi connectivity index (χ0v) is 12.8. The number of rotatable bonds is 3. The molecule has 2 aromatic rings. The molecule has 3 heterocycles. The van der Waals surface area contributed by atoms with Gasteiger partial charge >= 0.3 is 0 Å². The van der Waals surface area contributed by atoms with Gasteiger partial charge in [0, 0.05) is 37.4 Å². The minimum atomic E-state index is 0.492. The van der Waals surface area contributed by atoms with E-state index in [1.807, 2.05) is 19.1 Å². The molecule has 21 heavy (non-hydrogen) atoms. The Bertz CT molecular complexity index is 620. The van der Waals surface area contributed by atoms with Crippen LogP contribution in [-0.2, 0) is 0 Å². The third-order valence-electron chi connectivity index (χ3n) is 3.61. The number of H-pyrrole nitrogens is 1. The van der Waals surface area contributed by atoms with E-state index < -0.39 is 0 Å². The maximum atomic E-state index is 4.73. The lowest BCUT2D eigenvalue weighted by Crippen LogP contribution is -2.49. The maximum Gasteiger partial charge on any atom is 0.153 e. The summed E-state index contributed by atoms with van der Waals surface area (Å²) < 4.78 is 0. The molecule has 1 aliphatic rings. The summed E-state index contributed by atoms with van der Waals surface area (Å²) in [6.07, 6.45) is 0. The Hall–Kier alpha value is -2.08. The van der Waals surface area contributed by atoms with Crippen LogP contribution in [0.25, 0.3) is 0 Å². The predicted molar refractivity (Wildman–Crippen MR) is 85.3 cm³/mol. The van der Waals surface area contributed by atoms with Crippen molar-refractivity contribution in [2.75, 3.05) is 29.9 Å². The number of nitrogens with zero attached hydrogens (tertiary/aromatic N) is 3. The number of anilines is 3. The minimum absolute atomic E-state index is 0.492. The highest BCUT2D eigenvalue weighted by Gasteiger charge is 2.17. The highest BCUT2D eigenvalue weighted by atomic mass is 15.3. The van der Waals surface area contributed by atoms with E-state index in [0.717, 1.165) is 42.8 Å². The van der Waals surface area contributed by atoms with Gasteiger partial charge in [0.1, 0.15) is 11.6 Å². The summed E-state index contributed by atoms with van der Waals surface area (Å²) in [5, 5.41) is 13.8. The number of aromatic nitrogens is 3. The van der Waals surface area contributed by atoms with Gasteiger partial charge in [0.25, 0.3) is 0 Å². The Morgan fingerprint density at radius 3 is 2.81 bits per heavy atom. The van der Waals surface area contributed by atoms with Crippen molar-refractivity contribution in [2.24, 2.45) is 0 Å². The van der Waals surface area contributed by atoms with Crippen LogP contribution >= 0.6 is 0 Å². The molecule has 0 spiro atoms. The van der Waals surface area contributed by atoms with E-state index in [2.05, 4.69) is 45.6 Å². The monoisotopic (exact) mass is 286 g/mol. The molecule has 0 radical (unpaired) electrons. The first-order valence-corrected chi connectivity index (χ1v) is 7.36. The van der Waals surface area contributed by atoms with Crippen molar-refractivity contribution in [3.8, 4) is 0 Å². The van der Waals surface area contributed by atoms with E-state index in [4.69, 9.17) is 4.98 Å². The standard InChI is InChI=1S/C15H22N6/c1-10-6-13(17-14-8-11(2)19-20-14)18-15(7-10)21-5-4-16-12(3)9-21/h6-8,12,16H,4-5,9H2,1-3H3,(H2,17,18,19,20)/t12-/m0/s1. The summed E-state index contributed by atoms with van der Waals surface area (Å²) in [4.78, 5) is 7.06. The van der Waals surface area contributed by atoms with Crippen molar-refractivity contribution in [2.45, 2.75) is 26.8 Å². The molecule has 6 heteroatoms. The summed E-state index contributed by atoms with van der Waals surface area (Å²) in [6, 6.07) is 6.64. The molecular formula is C15H22N6. The van der Waals surface area contributed by atoms with Gasteiger partial charge in [-0.05, 0) is 38.5 Å². The van der Waals surface area contributed by atoms with E-state index in [-0.39, 0.29) is 0 Å². The Labute approximate surface area is 125 Å². The molecule has 1 aliphatic heterocycles. The number of pyridine rings is 1. The van der Waals surface area contributed by atoms with Crippen molar-refractivity contribution < 1.29 is 0 Å². The second-order valence-electron chi connectivity index (χ2n) is 5.75. The van der Waals surface area contributed by atoms with Crippen molar-refractivity contribution in [1.29, 1.82) is 0 Å². The van der Waals surface area contributed by atoms with Crippen LogP contribution in [0.4, 0.5) is 17.5 Å².